The van der Waals surface area contributed by atoms with Crippen LogP contribution < -0.4 is 14.2 Å². The molecule has 14 heteroatoms. The number of halogens is 6. The molecular formula is C32H35F6NO7. The summed E-state index contributed by atoms with van der Waals surface area (Å²) in [5.74, 6) is -1.97. The molecule has 3 aromatic carbocycles. The third-order valence-electron chi connectivity index (χ3n) is 8.18. The highest BCUT2D eigenvalue weighted by molar-refractivity contribution is 5.42. The van der Waals surface area contributed by atoms with Crippen LogP contribution in [0.25, 0.3) is 0 Å². The Labute approximate surface area is 262 Å². The first-order chi connectivity index (χ1) is 21.5. The van der Waals surface area contributed by atoms with Gasteiger partial charge in [-0.1, -0.05) is 24.3 Å². The predicted molar refractivity (Wildman–Crippen MR) is 153 cm³/mol. The molecule has 252 valence electrons. The summed E-state index contributed by atoms with van der Waals surface area (Å²) in [6.45, 7) is 2.23. The van der Waals surface area contributed by atoms with Crippen molar-refractivity contribution in [3.05, 3.63) is 94.7 Å². The second-order valence-corrected chi connectivity index (χ2v) is 11.3. The number of benzene rings is 3. The average Bonchev–Trinajstić information content (AvgIpc) is 2.99. The van der Waals surface area contributed by atoms with E-state index in [9.17, 15) is 36.7 Å². The number of alkyl halides is 6. The van der Waals surface area contributed by atoms with Gasteiger partial charge in [0, 0.05) is 38.5 Å². The van der Waals surface area contributed by atoms with Gasteiger partial charge in [-0.2, -0.15) is 0 Å². The zero-order chi connectivity index (χ0) is 33.8. The van der Waals surface area contributed by atoms with Crippen molar-refractivity contribution in [1.29, 1.82) is 0 Å². The molecule has 0 atom stereocenters. The molecule has 1 heterocycles. The van der Waals surface area contributed by atoms with E-state index in [4.69, 9.17) is 14.2 Å². The van der Waals surface area contributed by atoms with Gasteiger partial charge in [0.05, 0.1) is 13.1 Å². The standard InChI is InChI=1S/C32H35F6NO7/c1-29(42-2,43-3)21-44-26-10-4-22(5-11-26)20-39(41)18-16-25(17-19-39)30(40,23-6-12-27(13-7-23)45-31(33,34)35)24-8-14-28(15-9-24)46-32(36,37)38/h4-15,25,40H,16-21H2,1-3H3. The summed E-state index contributed by atoms with van der Waals surface area (Å²) in [6, 6.07) is 16.3. The second-order valence-electron chi connectivity index (χ2n) is 11.3. The lowest BCUT2D eigenvalue weighted by Crippen LogP contribution is -2.51. The first-order valence-electron chi connectivity index (χ1n) is 14.3. The minimum atomic E-state index is -4.92. The number of quaternary nitrogens is 1. The number of aliphatic hydroxyl groups is 1. The van der Waals surface area contributed by atoms with Crippen LogP contribution in [0.1, 0.15) is 36.5 Å². The number of rotatable bonds is 12. The molecule has 1 aliphatic heterocycles. The molecule has 0 radical (unpaired) electrons. The largest absolute Gasteiger partial charge is 0.633 e. The zero-order valence-electron chi connectivity index (χ0n) is 25.4. The third-order valence-corrected chi connectivity index (χ3v) is 8.18. The molecule has 46 heavy (non-hydrogen) atoms. The molecule has 0 aliphatic carbocycles. The Bertz CT molecular complexity index is 1340. The summed E-state index contributed by atoms with van der Waals surface area (Å²) in [4.78, 5) is 0. The summed E-state index contributed by atoms with van der Waals surface area (Å²) < 4.78 is 100.0. The highest BCUT2D eigenvalue weighted by Gasteiger charge is 2.44. The Morgan fingerprint density at radius 2 is 1.13 bits per heavy atom. The van der Waals surface area contributed by atoms with Crippen molar-refractivity contribution in [2.24, 2.45) is 5.92 Å². The fraction of sp³-hybridized carbons (Fsp3) is 0.438. The zero-order valence-corrected chi connectivity index (χ0v) is 25.4. The van der Waals surface area contributed by atoms with Crippen LogP contribution in [-0.4, -0.2) is 62.2 Å². The Kier molecular flexibility index (Phi) is 10.5. The molecule has 1 saturated heterocycles. The van der Waals surface area contributed by atoms with Gasteiger partial charge in [-0.05, 0) is 66.6 Å². The van der Waals surface area contributed by atoms with Gasteiger partial charge < -0.3 is 38.6 Å². The van der Waals surface area contributed by atoms with Crippen LogP contribution in [0.3, 0.4) is 0 Å². The summed E-state index contributed by atoms with van der Waals surface area (Å²) in [5.41, 5.74) is -0.707. The number of piperidine rings is 1. The summed E-state index contributed by atoms with van der Waals surface area (Å²) in [6.07, 6.45) is -9.41. The number of ether oxygens (including phenoxy) is 5. The summed E-state index contributed by atoms with van der Waals surface area (Å²) >= 11 is 0. The quantitative estimate of drug-likeness (QED) is 0.0967. The van der Waals surface area contributed by atoms with Gasteiger partial charge in [0.25, 0.3) is 0 Å². The van der Waals surface area contributed by atoms with Gasteiger partial charge in [0.2, 0.25) is 0 Å². The summed E-state index contributed by atoms with van der Waals surface area (Å²) in [7, 11) is 3.01. The van der Waals surface area contributed by atoms with Gasteiger partial charge in [-0.25, -0.2) is 0 Å². The number of hydrogen-bond donors (Lipinski definition) is 1. The van der Waals surface area contributed by atoms with Gasteiger partial charge >= 0.3 is 12.7 Å². The number of likely N-dealkylation sites (tertiary alicyclic amines) is 1. The number of nitrogens with zero attached hydrogens (tertiary/aromatic N) is 1. The maximum atomic E-state index is 13.8. The lowest BCUT2D eigenvalue weighted by molar-refractivity contribution is -0.900. The number of hydroxylamine groups is 3. The van der Waals surface area contributed by atoms with Crippen molar-refractivity contribution in [3.8, 4) is 17.2 Å². The predicted octanol–water partition coefficient (Wildman–Crippen LogP) is 7.03. The topological polar surface area (TPSA) is 89.4 Å². The highest BCUT2D eigenvalue weighted by atomic mass is 19.4. The molecular weight excluding hydrogens is 624 g/mol. The van der Waals surface area contributed by atoms with Crippen molar-refractivity contribution < 1.29 is 59.8 Å². The third kappa shape index (κ3) is 9.04. The Balaban J connectivity index is 1.51. The normalized spacial score (nSPS) is 19.5. The molecule has 0 saturated carbocycles. The van der Waals surface area contributed by atoms with Crippen molar-refractivity contribution in [1.82, 2.24) is 0 Å². The highest BCUT2D eigenvalue weighted by Crippen LogP contribution is 2.44. The summed E-state index contributed by atoms with van der Waals surface area (Å²) in [5, 5.41) is 26.0. The van der Waals surface area contributed by atoms with E-state index in [0.29, 0.717) is 5.75 Å². The van der Waals surface area contributed by atoms with Gasteiger partial charge in [-0.15, -0.1) is 26.3 Å². The van der Waals surface area contributed by atoms with E-state index in [1.807, 2.05) is 0 Å². The molecule has 8 nitrogen and oxygen atoms in total. The van der Waals surface area contributed by atoms with Crippen LogP contribution in [0, 0.1) is 11.1 Å². The first-order valence-corrected chi connectivity index (χ1v) is 14.3. The maximum absolute atomic E-state index is 13.8. The smallest absolute Gasteiger partial charge is 0.573 e. The van der Waals surface area contributed by atoms with E-state index in [-0.39, 0.29) is 50.2 Å². The second kappa shape index (κ2) is 13.7. The van der Waals surface area contributed by atoms with E-state index in [2.05, 4.69) is 9.47 Å². The first kappa shape index (κ1) is 35.3. The van der Waals surface area contributed by atoms with Crippen LogP contribution in [0.15, 0.2) is 72.8 Å². The Morgan fingerprint density at radius 3 is 1.52 bits per heavy atom. The Morgan fingerprint density at radius 1 is 0.717 bits per heavy atom. The molecule has 1 aliphatic rings. The maximum Gasteiger partial charge on any atom is 0.573 e. The fourth-order valence-electron chi connectivity index (χ4n) is 5.51. The molecule has 3 aromatic rings. The minimum absolute atomic E-state index is 0.107. The molecule has 0 amide bonds. The SMILES string of the molecule is COC(C)(COc1ccc(C[N+]2([O-])CCC(C(O)(c3ccc(OC(F)(F)F)cc3)c3ccc(OC(F)(F)F)cc3)CC2)cc1)OC. The van der Waals surface area contributed by atoms with E-state index in [0.717, 1.165) is 29.8 Å². The molecule has 0 aromatic heterocycles. The minimum Gasteiger partial charge on any atom is -0.633 e. The van der Waals surface area contributed by atoms with Crippen LogP contribution >= 0.6 is 0 Å². The van der Waals surface area contributed by atoms with Crippen molar-refractivity contribution in [2.75, 3.05) is 33.9 Å². The fourth-order valence-corrected chi connectivity index (χ4v) is 5.51. The molecule has 0 bridgehead atoms. The van der Waals surface area contributed by atoms with Crippen molar-refractivity contribution in [3.63, 3.8) is 0 Å². The Hall–Kier alpha value is -3.56. The van der Waals surface area contributed by atoms with Crippen molar-refractivity contribution in [2.45, 2.75) is 50.4 Å². The van der Waals surface area contributed by atoms with Crippen LogP contribution in [0.5, 0.6) is 17.2 Å². The molecule has 0 spiro atoms. The van der Waals surface area contributed by atoms with Crippen LogP contribution in [0.2, 0.25) is 0 Å². The van der Waals surface area contributed by atoms with Crippen molar-refractivity contribution >= 4 is 0 Å². The monoisotopic (exact) mass is 659 g/mol. The van der Waals surface area contributed by atoms with Gasteiger partial charge in [0.1, 0.15) is 36.0 Å². The molecule has 1 fully saturated rings. The molecule has 4 rings (SSSR count). The lowest BCUT2D eigenvalue weighted by atomic mass is 9.72. The van der Waals surface area contributed by atoms with Crippen LogP contribution in [0.4, 0.5) is 26.3 Å². The van der Waals surface area contributed by atoms with Gasteiger partial charge in [0.15, 0.2) is 5.79 Å². The van der Waals surface area contributed by atoms with E-state index in [1.165, 1.54) is 38.5 Å². The molecule has 1 N–H and O–H groups in total. The average molecular weight is 660 g/mol. The van der Waals surface area contributed by atoms with E-state index < -0.39 is 46.2 Å². The van der Waals surface area contributed by atoms with Crippen LogP contribution in [-0.2, 0) is 21.6 Å². The van der Waals surface area contributed by atoms with Gasteiger partial charge in [-0.3, -0.25) is 0 Å². The number of methoxy groups -OCH3 is 2. The van der Waals surface area contributed by atoms with E-state index >= 15 is 0 Å². The van der Waals surface area contributed by atoms with E-state index in [1.54, 1.807) is 31.2 Å². The molecule has 0 unspecified atom stereocenters. The number of hydrogen-bond acceptors (Lipinski definition) is 7. The lowest BCUT2D eigenvalue weighted by Gasteiger charge is -2.50.